The summed E-state index contributed by atoms with van der Waals surface area (Å²) in [6, 6.07) is 5.39. The number of carbonyl (C=O) groups excluding carboxylic acids is 4. The second-order valence-corrected chi connectivity index (χ2v) is 5.46. The first kappa shape index (κ1) is 20.1. The van der Waals surface area contributed by atoms with Gasteiger partial charge in [-0.25, -0.2) is 0 Å². The van der Waals surface area contributed by atoms with Crippen LogP contribution in [-0.2, 0) is 30.3 Å². The van der Waals surface area contributed by atoms with Crippen LogP contribution in [0.15, 0.2) is 24.3 Å². The zero-order chi connectivity index (χ0) is 18.8. The maximum Gasteiger partial charge on any atom is 0.305 e. The van der Waals surface area contributed by atoms with Gasteiger partial charge in [-0.15, -0.1) is 0 Å². The van der Waals surface area contributed by atoms with Crippen molar-refractivity contribution >= 4 is 23.6 Å². The third kappa shape index (κ3) is 7.96. The largest absolute Gasteiger partial charge is 0.508 e. The topological polar surface area (TPSA) is 122 Å². The molecule has 0 fully saturated rings. The Morgan fingerprint density at radius 3 is 2.32 bits per heavy atom. The van der Waals surface area contributed by atoms with Crippen LogP contribution < -0.4 is 10.6 Å². The van der Waals surface area contributed by atoms with Gasteiger partial charge in [0.05, 0.1) is 20.1 Å². The van der Waals surface area contributed by atoms with Gasteiger partial charge in [0, 0.05) is 19.8 Å². The van der Waals surface area contributed by atoms with Crippen molar-refractivity contribution in [3.63, 3.8) is 0 Å². The molecule has 1 atom stereocenters. The van der Waals surface area contributed by atoms with Gasteiger partial charge in [-0.2, -0.15) is 0 Å². The van der Waals surface area contributed by atoms with E-state index in [0.717, 1.165) is 5.56 Å². The van der Waals surface area contributed by atoms with Gasteiger partial charge in [0.2, 0.25) is 11.8 Å². The minimum absolute atomic E-state index is 0.0320. The SMILES string of the molecule is COC(=O)CCC(=O)CNC(=O)[C@H](Cc1ccc(O)cc1)NC(C)=O. The first-order valence-corrected chi connectivity index (χ1v) is 7.73. The molecule has 1 aromatic rings. The number of rotatable bonds is 9. The summed E-state index contributed by atoms with van der Waals surface area (Å²) in [5, 5.41) is 14.3. The van der Waals surface area contributed by atoms with Crippen molar-refractivity contribution in [1.82, 2.24) is 10.6 Å². The van der Waals surface area contributed by atoms with Gasteiger partial charge in [0.1, 0.15) is 11.8 Å². The number of ketones is 1. The van der Waals surface area contributed by atoms with Crippen molar-refractivity contribution in [3.05, 3.63) is 29.8 Å². The lowest BCUT2D eigenvalue weighted by atomic mass is 10.0. The Morgan fingerprint density at radius 1 is 1.12 bits per heavy atom. The number of hydrogen-bond donors (Lipinski definition) is 3. The second-order valence-electron chi connectivity index (χ2n) is 5.46. The first-order chi connectivity index (χ1) is 11.8. The molecule has 2 amide bonds. The van der Waals surface area contributed by atoms with Crippen LogP contribution in [0, 0.1) is 0 Å². The molecule has 3 N–H and O–H groups in total. The van der Waals surface area contributed by atoms with E-state index in [4.69, 9.17) is 0 Å². The number of carbonyl (C=O) groups is 4. The number of esters is 1. The van der Waals surface area contributed by atoms with E-state index in [9.17, 15) is 24.3 Å². The summed E-state index contributed by atoms with van der Waals surface area (Å²) in [7, 11) is 1.23. The van der Waals surface area contributed by atoms with E-state index in [2.05, 4.69) is 15.4 Å². The molecular formula is C17H22N2O6. The van der Waals surface area contributed by atoms with Crippen molar-refractivity contribution in [2.75, 3.05) is 13.7 Å². The minimum atomic E-state index is -0.851. The fourth-order valence-corrected chi connectivity index (χ4v) is 2.06. The smallest absolute Gasteiger partial charge is 0.305 e. The predicted molar refractivity (Wildman–Crippen MR) is 88.7 cm³/mol. The summed E-state index contributed by atoms with van der Waals surface area (Å²) >= 11 is 0. The van der Waals surface area contributed by atoms with Crippen molar-refractivity contribution in [2.45, 2.75) is 32.2 Å². The molecule has 0 heterocycles. The Morgan fingerprint density at radius 2 is 1.76 bits per heavy atom. The zero-order valence-corrected chi connectivity index (χ0v) is 14.2. The number of phenolic OH excluding ortho intramolecular Hbond substituents is 1. The molecule has 136 valence electrons. The molecule has 25 heavy (non-hydrogen) atoms. The Kier molecular flexibility index (Phi) is 8.11. The van der Waals surface area contributed by atoms with Crippen LogP contribution in [0.5, 0.6) is 5.75 Å². The Balaban J connectivity index is 2.58. The number of phenols is 1. The molecule has 1 rings (SSSR count). The van der Waals surface area contributed by atoms with Gasteiger partial charge in [-0.3, -0.25) is 19.2 Å². The van der Waals surface area contributed by atoms with Crippen LogP contribution >= 0.6 is 0 Å². The van der Waals surface area contributed by atoms with Crippen LogP contribution in [0.25, 0.3) is 0 Å². The summed E-state index contributed by atoms with van der Waals surface area (Å²) in [6.45, 7) is 1.06. The zero-order valence-electron chi connectivity index (χ0n) is 14.2. The molecule has 0 aliphatic rings. The molecule has 0 radical (unpaired) electrons. The van der Waals surface area contributed by atoms with Crippen molar-refractivity contribution in [3.8, 4) is 5.75 Å². The van der Waals surface area contributed by atoms with Gasteiger partial charge < -0.3 is 20.5 Å². The summed E-state index contributed by atoms with van der Waals surface area (Å²) in [4.78, 5) is 46.2. The number of ether oxygens (including phenoxy) is 1. The van der Waals surface area contributed by atoms with Gasteiger partial charge in [-0.1, -0.05) is 12.1 Å². The molecule has 0 spiro atoms. The van der Waals surface area contributed by atoms with Crippen molar-refractivity contribution in [1.29, 1.82) is 0 Å². The van der Waals surface area contributed by atoms with Crippen LogP contribution in [0.1, 0.15) is 25.3 Å². The van der Waals surface area contributed by atoms with Crippen LogP contribution in [-0.4, -0.2) is 48.4 Å². The molecule has 8 heteroatoms. The minimum Gasteiger partial charge on any atom is -0.508 e. The number of Topliss-reactive ketones (excluding diaryl/α,β-unsaturated/α-hetero) is 1. The fraction of sp³-hybridized carbons (Fsp3) is 0.412. The van der Waals surface area contributed by atoms with Gasteiger partial charge in [-0.05, 0) is 17.7 Å². The van der Waals surface area contributed by atoms with Gasteiger partial charge in [0.15, 0.2) is 5.78 Å². The highest BCUT2D eigenvalue weighted by atomic mass is 16.5. The van der Waals surface area contributed by atoms with E-state index < -0.39 is 17.9 Å². The third-order valence-corrected chi connectivity index (χ3v) is 3.37. The summed E-state index contributed by atoms with van der Waals surface area (Å²) in [6.07, 6.45) is 0.131. The number of nitrogens with one attached hydrogen (secondary N) is 2. The van der Waals surface area contributed by atoms with Crippen LogP contribution in [0.4, 0.5) is 0 Å². The normalized spacial score (nSPS) is 11.3. The highest BCUT2D eigenvalue weighted by Gasteiger charge is 2.20. The Labute approximate surface area is 145 Å². The van der Waals surface area contributed by atoms with E-state index >= 15 is 0 Å². The van der Waals surface area contributed by atoms with E-state index in [1.165, 1.54) is 26.2 Å². The fourth-order valence-electron chi connectivity index (χ4n) is 2.06. The maximum atomic E-state index is 12.2. The maximum absolute atomic E-state index is 12.2. The molecule has 0 aliphatic heterocycles. The van der Waals surface area contributed by atoms with Crippen LogP contribution in [0.2, 0.25) is 0 Å². The predicted octanol–water partition coefficient (Wildman–Crippen LogP) is 0.0779. The first-order valence-electron chi connectivity index (χ1n) is 7.73. The number of methoxy groups -OCH3 is 1. The highest BCUT2D eigenvalue weighted by Crippen LogP contribution is 2.11. The van der Waals surface area contributed by atoms with E-state index in [0.29, 0.717) is 0 Å². The molecule has 0 bridgehead atoms. The van der Waals surface area contributed by atoms with E-state index in [1.807, 2.05) is 0 Å². The number of amides is 2. The Hall–Kier alpha value is -2.90. The Bertz CT molecular complexity index is 627. The summed E-state index contributed by atoms with van der Waals surface area (Å²) < 4.78 is 4.44. The lowest BCUT2D eigenvalue weighted by molar-refractivity contribution is -0.141. The third-order valence-electron chi connectivity index (χ3n) is 3.37. The van der Waals surface area contributed by atoms with Gasteiger partial charge >= 0.3 is 5.97 Å². The molecule has 0 aliphatic carbocycles. The molecule has 0 saturated carbocycles. The quantitative estimate of drug-likeness (QED) is 0.542. The highest BCUT2D eigenvalue weighted by molar-refractivity contribution is 5.91. The van der Waals surface area contributed by atoms with Crippen molar-refractivity contribution < 1.29 is 29.0 Å². The average Bonchev–Trinajstić information content (AvgIpc) is 2.58. The lowest BCUT2D eigenvalue weighted by Crippen LogP contribution is -2.48. The molecule has 0 aromatic heterocycles. The van der Waals surface area contributed by atoms with E-state index in [1.54, 1.807) is 12.1 Å². The standard InChI is InChI=1S/C17H22N2O6/c1-11(20)19-15(9-12-3-5-13(21)6-4-12)17(24)18-10-14(22)7-8-16(23)25-2/h3-6,15,21H,7-10H2,1-2H3,(H,18,24)(H,19,20)/t15-/m0/s1. The second kappa shape index (κ2) is 10.1. The molecule has 0 unspecified atom stereocenters. The number of hydrogen-bond acceptors (Lipinski definition) is 6. The summed E-state index contributed by atoms with van der Waals surface area (Å²) in [5.74, 6) is -1.60. The van der Waals surface area contributed by atoms with Gasteiger partial charge in [0.25, 0.3) is 0 Å². The number of benzene rings is 1. The molecule has 1 aromatic carbocycles. The average molecular weight is 350 g/mol. The van der Waals surface area contributed by atoms with E-state index in [-0.39, 0.29) is 43.2 Å². The number of aromatic hydroxyl groups is 1. The lowest BCUT2D eigenvalue weighted by Gasteiger charge is -2.17. The molecule has 8 nitrogen and oxygen atoms in total. The van der Waals surface area contributed by atoms with Crippen LogP contribution in [0.3, 0.4) is 0 Å². The summed E-state index contributed by atoms with van der Waals surface area (Å²) in [5.41, 5.74) is 0.740. The van der Waals surface area contributed by atoms with Crippen molar-refractivity contribution in [2.24, 2.45) is 0 Å². The molecule has 0 saturated heterocycles. The molecular weight excluding hydrogens is 328 g/mol. The monoisotopic (exact) mass is 350 g/mol.